The SMILES string of the molecule is [2H]c1c([2H])c([2H])c(-c2ccc(-c3ccc(B4OC(C)(C)C(C)(C)O4)cc3)c3ccccc23)c([2H])c1[2H]. The van der Waals surface area contributed by atoms with Gasteiger partial charge in [0.1, 0.15) is 0 Å². The Morgan fingerprint density at radius 3 is 1.71 bits per heavy atom. The molecule has 1 aliphatic rings. The Balaban J connectivity index is 1.59. The van der Waals surface area contributed by atoms with E-state index in [1.165, 1.54) is 0 Å². The highest BCUT2D eigenvalue weighted by molar-refractivity contribution is 6.62. The van der Waals surface area contributed by atoms with Crippen molar-refractivity contribution < 1.29 is 16.2 Å². The van der Waals surface area contributed by atoms with Crippen LogP contribution in [0.2, 0.25) is 0 Å². The standard InChI is InChI=1S/C28H27BO2/c1-27(2)28(3,4)31-29(30-27)22-16-14-21(15-17-22)24-19-18-23(20-10-6-5-7-11-20)25-12-8-9-13-26(24)25/h5-19H,1-4H3/i5D,6D,7D,10D,11D. The smallest absolute Gasteiger partial charge is 0.399 e. The number of hydrogen-bond acceptors (Lipinski definition) is 2. The summed E-state index contributed by atoms with van der Waals surface area (Å²) < 4.78 is 53.3. The van der Waals surface area contributed by atoms with Crippen LogP contribution in [-0.2, 0) is 9.31 Å². The highest BCUT2D eigenvalue weighted by atomic mass is 16.7. The summed E-state index contributed by atoms with van der Waals surface area (Å²) in [6.07, 6.45) is 0. The van der Waals surface area contributed by atoms with Gasteiger partial charge >= 0.3 is 7.12 Å². The van der Waals surface area contributed by atoms with E-state index in [1.54, 1.807) is 0 Å². The average Bonchev–Trinajstić information content (AvgIpc) is 3.08. The molecule has 2 nitrogen and oxygen atoms in total. The average molecular weight is 411 g/mol. The summed E-state index contributed by atoms with van der Waals surface area (Å²) in [5, 5.41) is 1.76. The molecule has 0 bridgehead atoms. The lowest BCUT2D eigenvalue weighted by atomic mass is 9.78. The molecule has 0 amide bonds. The zero-order valence-electron chi connectivity index (χ0n) is 23.2. The molecule has 1 aliphatic heterocycles. The molecule has 1 fully saturated rings. The predicted octanol–water partition coefficient (Wildman–Crippen LogP) is 6.47. The van der Waals surface area contributed by atoms with E-state index in [0.717, 1.165) is 27.4 Å². The molecular formula is C28H27BO2. The summed E-state index contributed by atoms with van der Waals surface area (Å²) in [6.45, 7) is 8.13. The zero-order valence-corrected chi connectivity index (χ0v) is 18.2. The first kappa shape index (κ1) is 15.0. The molecule has 4 aromatic rings. The van der Waals surface area contributed by atoms with Crippen molar-refractivity contribution in [2.75, 3.05) is 0 Å². The van der Waals surface area contributed by atoms with Crippen molar-refractivity contribution in [2.24, 2.45) is 0 Å². The molecule has 1 heterocycles. The van der Waals surface area contributed by atoms with Crippen molar-refractivity contribution in [3.8, 4) is 22.3 Å². The van der Waals surface area contributed by atoms with Gasteiger partial charge in [0, 0.05) is 0 Å². The Kier molecular flexibility index (Phi) is 3.57. The first-order chi connectivity index (χ1) is 16.9. The molecule has 0 aromatic heterocycles. The van der Waals surface area contributed by atoms with Crippen LogP contribution in [0.25, 0.3) is 33.0 Å². The highest BCUT2D eigenvalue weighted by Gasteiger charge is 2.51. The molecule has 3 heteroatoms. The van der Waals surface area contributed by atoms with Crippen molar-refractivity contribution in [1.82, 2.24) is 0 Å². The van der Waals surface area contributed by atoms with E-state index in [2.05, 4.69) is 0 Å². The Labute approximate surface area is 192 Å². The zero-order chi connectivity index (χ0) is 26.0. The van der Waals surface area contributed by atoms with Crippen molar-refractivity contribution in [1.29, 1.82) is 0 Å². The molecular weight excluding hydrogens is 379 g/mol. The quantitative estimate of drug-likeness (QED) is 0.360. The predicted molar refractivity (Wildman–Crippen MR) is 131 cm³/mol. The first-order valence-electron chi connectivity index (χ1n) is 13.0. The molecule has 0 aliphatic carbocycles. The van der Waals surface area contributed by atoms with Gasteiger partial charge in [-0.25, -0.2) is 0 Å². The van der Waals surface area contributed by atoms with Gasteiger partial charge in [-0.3, -0.25) is 0 Å². The maximum Gasteiger partial charge on any atom is 0.494 e. The second-order valence-electron chi connectivity index (χ2n) is 8.92. The number of fused-ring (bicyclic) bond motifs is 1. The van der Waals surface area contributed by atoms with Crippen LogP contribution < -0.4 is 5.46 Å². The Morgan fingerprint density at radius 2 is 1.16 bits per heavy atom. The normalized spacial score (nSPS) is 19.5. The van der Waals surface area contributed by atoms with E-state index in [1.807, 2.05) is 88.4 Å². The molecule has 0 N–H and O–H groups in total. The van der Waals surface area contributed by atoms with Crippen LogP contribution in [-0.4, -0.2) is 18.3 Å². The van der Waals surface area contributed by atoms with Gasteiger partial charge in [0.2, 0.25) is 0 Å². The third kappa shape index (κ3) is 3.48. The van der Waals surface area contributed by atoms with E-state index >= 15 is 0 Å². The van der Waals surface area contributed by atoms with Crippen LogP contribution in [0, 0.1) is 0 Å². The topological polar surface area (TPSA) is 18.5 Å². The third-order valence-corrected chi connectivity index (χ3v) is 6.44. The van der Waals surface area contributed by atoms with Crippen LogP contribution in [0.15, 0.2) is 90.9 Å². The second kappa shape index (κ2) is 7.37. The maximum absolute atomic E-state index is 8.43. The van der Waals surface area contributed by atoms with E-state index in [0.29, 0.717) is 5.56 Å². The molecule has 1 saturated heterocycles. The molecule has 0 atom stereocenters. The number of benzene rings is 4. The van der Waals surface area contributed by atoms with E-state index in [9.17, 15) is 0 Å². The lowest BCUT2D eigenvalue weighted by Gasteiger charge is -2.32. The van der Waals surface area contributed by atoms with Gasteiger partial charge in [-0.2, -0.15) is 0 Å². The van der Waals surface area contributed by atoms with Crippen LogP contribution >= 0.6 is 0 Å². The van der Waals surface area contributed by atoms with Gasteiger partial charge in [-0.15, -0.1) is 0 Å². The van der Waals surface area contributed by atoms with Gasteiger partial charge in [0.25, 0.3) is 0 Å². The fourth-order valence-corrected chi connectivity index (χ4v) is 3.95. The lowest BCUT2D eigenvalue weighted by Crippen LogP contribution is -2.41. The van der Waals surface area contributed by atoms with Gasteiger partial charge in [0.15, 0.2) is 0 Å². The minimum absolute atomic E-state index is 0.203. The molecule has 154 valence electrons. The summed E-state index contributed by atoms with van der Waals surface area (Å²) in [7, 11) is -0.438. The Hall–Kier alpha value is -2.88. The van der Waals surface area contributed by atoms with Crippen molar-refractivity contribution in [2.45, 2.75) is 38.9 Å². The largest absolute Gasteiger partial charge is 0.494 e. The molecule has 4 aromatic carbocycles. The highest BCUT2D eigenvalue weighted by Crippen LogP contribution is 2.37. The Morgan fingerprint density at radius 1 is 0.645 bits per heavy atom. The number of rotatable bonds is 3. The molecule has 0 spiro atoms. The van der Waals surface area contributed by atoms with Gasteiger partial charge < -0.3 is 9.31 Å². The summed E-state index contributed by atoms with van der Waals surface area (Å²) in [4.78, 5) is 0. The summed E-state index contributed by atoms with van der Waals surface area (Å²) >= 11 is 0. The molecule has 31 heavy (non-hydrogen) atoms. The van der Waals surface area contributed by atoms with Gasteiger partial charge in [-0.05, 0) is 66.2 Å². The third-order valence-electron chi connectivity index (χ3n) is 6.44. The van der Waals surface area contributed by atoms with Gasteiger partial charge in [-0.1, -0.05) is 90.9 Å². The van der Waals surface area contributed by atoms with E-state index in [-0.39, 0.29) is 29.7 Å². The van der Waals surface area contributed by atoms with Crippen LogP contribution in [0.4, 0.5) is 0 Å². The van der Waals surface area contributed by atoms with Crippen molar-refractivity contribution in [3.63, 3.8) is 0 Å². The van der Waals surface area contributed by atoms with E-state index < -0.39 is 24.4 Å². The number of hydrogen-bond donors (Lipinski definition) is 0. The molecule has 0 unspecified atom stereocenters. The monoisotopic (exact) mass is 411 g/mol. The second-order valence-corrected chi connectivity index (χ2v) is 8.92. The van der Waals surface area contributed by atoms with Crippen molar-refractivity contribution >= 4 is 23.4 Å². The summed E-state index contributed by atoms with van der Waals surface area (Å²) in [6, 6.07) is 18.2. The lowest BCUT2D eigenvalue weighted by molar-refractivity contribution is 0.00578. The van der Waals surface area contributed by atoms with Crippen LogP contribution in [0.1, 0.15) is 34.5 Å². The molecule has 0 saturated carbocycles. The fraction of sp³-hybridized carbons (Fsp3) is 0.214. The van der Waals surface area contributed by atoms with Crippen LogP contribution in [0.5, 0.6) is 0 Å². The van der Waals surface area contributed by atoms with Crippen molar-refractivity contribution in [3.05, 3.63) is 90.9 Å². The summed E-state index contributed by atoms with van der Waals surface area (Å²) in [5.74, 6) is 0. The van der Waals surface area contributed by atoms with Crippen LogP contribution in [0.3, 0.4) is 0 Å². The first-order valence-corrected chi connectivity index (χ1v) is 10.5. The summed E-state index contributed by atoms with van der Waals surface area (Å²) in [5.41, 5.74) is 2.93. The molecule has 0 radical (unpaired) electrons. The van der Waals surface area contributed by atoms with E-state index in [4.69, 9.17) is 16.2 Å². The maximum atomic E-state index is 8.43. The minimum atomic E-state index is -0.438. The van der Waals surface area contributed by atoms with Gasteiger partial charge in [0.05, 0.1) is 18.1 Å². The fourth-order valence-electron chi connectivity index (χ4n) is 3.95. The molecule has 5 rings (SSSR count). The Bertz CT molecular complexity index is 1450. The minimum Gasteiger partial charge on any atom is -0.399 e.